The van der Waals surface area contributed by atoms with Gasteiger partial charge in [-0.3, -0.25) is 9.59 Å². The molecule has 3 aromatic rings. The highest BCUT2D eigenvalue weighted by molar-refractivity contribution is 5.95. The standard InChI is InChI=1S/C28H31NO3/c1-19(2)23-16-11-17-24(20(3)4)27(23)29-25(30)18-32-28(31)26(21-12-7-5-8-13-21)22-14-9-6-10-15-22/h5-17,19-20,26H,18H2,1-4H3,(H,29,30). The molecule has 166 valence electrons. The lowest BCUT2D eigenvalue weighted by molar-refractivity contribution is -0.147. The topological polar surface area (TPSA) is 55.4 Å². The zero-order valence-electron chi connectivity index (χ0n) is 19.2. The van der Waals surface area contributed by atoms with Crippen LogP contribution in [0.15, 0.2) is 78.9 Å². The van der Waals surface area contributed by atoms with Gasteiger partial charge in [0.25, 0.3) is 5.91 Å². The Morgan fingerprint density at radius 3 is 1.62 bits per heavy atom. The van der Waals surface area contributed by atoms with Gasteiger partial charge < -0.3 is 10.1 Å². The van der Waals surface area contributed by atoms with Gasteiger partial charge in [-0.25, -0.2) is 0 Å². The molecule has 0 radical (unpaired) electrons. The molecule has 1 N–H and O–H groups in total. The zero-order valence-corrected chi connectivity index (χ0v) is 19.2. The molecule has 0 atom stereocenters. The minimum Gasteiger partial charge on any atom is -0.455 e. The van der Waals surface area contributed by atoms with Crippen LogP contribution in [0.1, 0.15) is 67.7 Å². The summed E-state index contributed by atoms with van der Waals surface area (Å²) in [6, 6.07) is 25.0. The van der Waals surface area contributed by atoms with Crippen molar-refractivity contribution in [3.8, 4) is 0 Å². The fourth-order valence-electron chi connectivity index (χ4n) is 3.85. The van der Waals surface area contributed by atoms with Crippen molar-refractivity contribution < 1.29 is 14.3 Å². The van der Waals surface area contributed by atoms with E-state index in [9.17, 15) is 9.59 Å². The second-order valence-electron chi connectivity index (χ2n) is 8.53. The molecule has 0 fully saturated rings. The van der Waals surface area contributed by atoms with Crippen LogP contribution in [0.2, 0.25) is 0 Å². The smallest absolute Gasteiger partial charge is 0.318 e. The van der Waals surface area contributed by atoms with Gasteiger partial charge in [-0.2, -0.15) is 0 Å². The molecule has 0 unspecified atom stereocenters. The van der Waals surface area contributed by atoms with E-state index in [-0.39, 0.29) is 24.3 Å². The molecule has 0 aliphatic rings. The predicted octanol–water partition coefficient (Wildman–Crippen LogP) is 6.25. The highest BCUT2D eigenvalue weighted by Crippen LogP contribution is 2.32. The summed E-state index contributed by atoms with van der Waals surface area (Å²) in [5.74, 6) is -0.856. The van der Waals surface area contributed by atoms with E-state index >= 15 is 0 Å². The molecule has 3 rings (SSSR count). The van der Waals surface area contributed by atoms with E-state index in [0.717, 1.165) is 27.9 Å². The molecule has 32 heavy (non-hydrogen) atoms. The van der Waals surface area contributed by atoms with Gasteiger partial charge in [0.2, 0.25) is 0 Å². The summed E-state index contributed by atoms with van der Waals surface area (Å²) in [5, 5.41) is 3.00. The van der Waals surface area contributed by atoms with Gasteiger partial charge in [-0.05, 0) is 34.1 Å². The molecular weight excluding hydrogens is 398 g/mol. The van der Waals surface area contributed by atoms with Crippen molar-refractivity contribution in [2.45, 2.75) is 45.4 Å². The maximum Gasteiger partial charge on any atom is 0.318 e. The summed E-state index contributed by atoms with van der Waals surface area (Å²) < 4.78 is 5.50. The normalized spacial score (nSPS) is 11.1. The molecular formula is C28H31NO3. The number of amides is 1. The summed E-state index contributed by atoms with van der Waals surface area (Å²) in [6.45, 7) is 8.05. The van der Waals surface area contributed by atoms with E-state index < -0.39 is 11.9 Å². The van der Waals surface area contributed by atoms with Crippen molar-refractivity contribution in [1.82, 2.24) is 0 Å². The van der Waals surface area contributed by atoms with Crippen LogP contribution in [0.3, 0.4) is 0 Å². The number of ether oxygens (including phenoxy) is 1. The molecule has 0 aromatic heterocycles. The van der Waals surface area contributed by atoms with Crippen LogP contribution in [0.4, 0.5) is 5.69 Å². The third kappa shape index (κ3) is 5.64. The second kappa shape index (κ2) is 10.8. The van der Waals surface area contributed by atoms with Gasteiger partial charge in [0, 0.05) is 5.69 Å². The Morgan fingerprint density at radius 2 is 1.19 bits per heavy atom. The maximum atomic E-state index is 13.0. The first-order valence-corrected chi connectivity index (χ1v) is 11.1. The van der Waals surface area contributed by atoms with Gasteiger partial charge in [0.1, 0.15) is 5.92 Å². The molecule has 0 bridgehead atoms. The Bertz CT molecular complexity index is 977. The molecule has 0 aliphatic carbocycles. The molecule has 0 spiro atoms. The lowest BCUT2D eigenvalue weighted by atomic mass is 9.91. The second-order valence-corrected chi connectivity index (χ2v) is 8.53. The summed E-state index contributed by atoms with van der Waals surface area (Å²) in [7, 11) is 0. The summed E-state index contributed by atoms with van der Waals surface area (Å²) in [4.78, 5) is 25.8. The largest absolute Gasteiger partial charge is 0.455 e. The van der Waals surface area contributed by atoms with Crippen LogP contribution >= 0.6 is 0 Å². The van der Waals surface area contributed by atoms with E-state index in [1.54, 1.807) is 0 Å². The molecule has 0 heterocycles. The van der Waals surface area contributed by atoms with Crippen LogP contribution < -0.4 is 5.32 Å². The van der Waals surface area contributed by atoms with Gasteiger partial charge in [-0.1, -0.05) is 107 Å². The van der Waals surface area contributed by atoms with Gasteiger partial charge in [0.05, 0.1) is 0 Å². The van der Waals surface area contributed by atoms with Crippen LogP contribution in [-0.4, -0.2) is 18.5 Å². The summed E-state index contributed by atoms with van der Waals surface area (Å²) >= 11 is 0. The van der Waals surface area contributed by atoms with Crippen molar-refractivity contribution >= 4 is 17.6 Å². The average Bonchev–Trinajstić information content (AvgIpc) is 2.79. The van der Waals surface area contributed by atoms with E-state index in [1.807, 2.05) is 78.9 Å². The molecule has 4 nitrogen and oxygen atoms in total. The zero-order chi connectivity index (χ0) is 23.1. The number of nitrogens with one attached hydrogen (secondary N) is 1. The lowest BCUT2D eigenvalue weighted by Crippen LogP contribution is -2.25. The first kappa shape index (κ1) is 23.3. The molecule has 3 aromatic carbocycles. The van der Waals surface area contributed by atoms with Crippen LogP contribution in [0, 0.1) is 0 Å². The molecule has 0 saturated carbocycles. The number of esters is 1. The molecule has 0 saturated heterocycles. The maximum absolute atomic E-state index is 13.0. The summed E-state index contributed by atoms with van der Waals surface area (Å²) in [6.07, 6.45) is 0. The highest BCUT2D eigenvalue weighted by atomic mass is 16.5. The van der Waals surface area contributed by atoms with Crippen LogP contribution in [-0.2, 0) is 14.3 Å². The van der Waals surface area contributed by atoms with Crippen molar-refractivity contribution in [2.75, 3.05) is 11.9 Å². The minimum absolute atomic E-state index is 0.257. The number of hydrogen-bond donors (Lipinski definition) is 1. The van der Waals surface area contributed by atoms with Gasteiger partial charge in [0.15, 0.2) is 6.61 Å². The molecule has 0 aliphatic heterocycles. The van der Waals surface area contributed by atoms with E-state index in [4.69, 9.17) is 4.74 Å². The van der Waals surface area contributed by atoms with E-state index in [2.05, 4.69) is 33.0 Å². The van der Waals surface area contributed by atoms with Crippen molar-refractivity contribution in [3.63, 3.8) is 0 Å². The number of hydrogen-bond acceptors (Lipinski definition) is 3. The molecule has 1 amide bonds. The van der Waals surface area contributed by atoms with Crippen molar-refractivity contribution in [3.05, 3.63) is 101 Å². The Hall–Kier alpha value is -3.40. The van der Waals surface area contributed by atoms with Gasteiger partial charge >= 0.3 is 5.97 Å². The third-order valence-electron chi connectivity index (χ3n) is 5.48. The fraction of sp³-hybridized carbons (Fsp3) is 0.286. The Kier molecular flexibility index (Phi) is 7.82. The van der Waals surface area contributed by atoms with Crippen molar-refractivity contribution in [2.24, 2.45) is 0 Å². The lowest BCUT2D eigenvalue weighted by Gasteiger charge is -2.21. The van der Waals surface area contributed by atoms with E-state index in [0.29, 0.717) is 0 Å². The van der Waals surface area contributed by atoms with Crippen molar-refractivity contribution in [1.29, 1.82) is 0 Å². The number of benzene rings is 3. The Labute approximate surface area is 190 Å². The first-order valence-electron chi connectivity index (χ1n) is 11.1. The highest BCUT2D eigenvalue weighted by Gasteiger charge is 2.25. The quantitative estimate of drug-likeness (QED) is 0.431. The van der Waals surface area contributed by atoms with Gasteiger partial charge in [-0.15, -0.1) is 0 Å². The fourth-order valence-corrected chi connectivity index (χ4v) is 3.85. The minimum atomic E-state index is -0.584. The van der Waals surface area contributed by atoms with E-state index in [1.165, 1.54) is 0 Å². The molecule has 4 heteroatoms. The number of carbonyl (C=O) groups excluding carboxylic acids is 2. The number of carbonyl (C=O) groups is 2. The summed E-state index contributed by atoms with van der Waals surface area (Å²) in [5.41, 5.74) is 4.62. The number of rotatable bonds is 8. The van der Waals surface area contributed by atoms with Crippen LogP contribution in [0.5, 0.6) is 0 Å². The average molecular weight is 430 g/mol. The Morgan fingerprint density at radius 1 is 0.719 bits per heavy atom. The SMILES string of the molecule is CC(C)c1cccc(C(C)C)c1NC(=O)COC(=O)C(c1ccccc1)c1ccccc1. The van der Waals surface area contributed by atoms with Crippen LogP contribution in [0.25, 0.3) is 0 Å². The number of para-hydroxylation sites is 1. The first-order chi connectivity index (χ1) is 15.4. The third-order valence-corrected chi connectivity index (χ3v) is 5.48. The number of anilines is 1. The predicted molar refractivity (Wildman–Crippen MR) is 129 cm³/mol. The monoisotopic (exact) mass is 429 g/mol. The Balaban J connectivity index is 1.76.